The van der Waals surface area contributed by atoms with Crippen LogP contribution >= 0.6 is 0 Å². The number of carbonyl (C=O) groups is 1. The van der Waals surface area contributed by atoms with Gasteiger partial charge in [0.25, 0.3) is 0 Å². The normalized spacial score (nSPS) is 12.9. The highest BCUT2D eigenvalue weighted by Crippen LogP contribution is 1.82. The molecule has 0 saturated heterocycles. The summed E-state index contributed by atoms with van der Waals surface area (Å²) in [5, 5.41) is 19.6. The predicted octanol–water partition coefficient (Wildman–Crippen LogP) is -1.63. The average molecular weight is 162 g/mol. The van der Waals surface area contributed by atoms with Gasteiger partial charge >= 0.3 is 5.97 Å². The molecule has 0 aromatic heterocycles. The van der Waals surface area contributed by atoms with Gasteiger partial charge in [0.05, 0.1) is 6.61 Å². The van der Waals surface area contributed by atoms with E-state index in [0.29, 0.717) is 19.5 Å². The Kier molecular flexibility index (Phi) is 5.73. The van der Waals surface area contributed by atoms with Crippen LogP contribution < -0.4 is 11.1 Å². The summed E-state index contributed by atoms with van der Waals surface area (Å²) in [4.78, 5) is 10.3. The number of rotatable bonds is 6. The lowest BCUT2D eigenvalue weighted by molar-refractivity contribution is -0.140. The Morgan fingerprint density at radius 3 is 2.64 bits per heavy atom. The number of nitrogens with one attached hydrogen (secondary N) is 1. The molecule has 11 heavy (non-hydrogen) atoms. The maximum atomic E-state index is 10.3. The van der Waals surface area contributed by atoms with E-state index in [1.807, 2.05) is 0 Å². The van der Waals surface area contributed by atoms with Crippen molar-refractivity contribution in [2.24, 2.45) is 5.73 Å². The average Bonchev–Trinajstić information content (AvgIpc) is 1.97. The first-order chi connectivity index (χ1) is 5.22. The van der Waals surface area contributed by atoms with Gasteiger partial charge in [0.2, 0.25) is 0 Å². The molecule has 0 amide bonds. The molecule has 0 aliphatic rings. The molecule has 5 nitrogen and oxygen atoms in total. The second kappa shape index (κ2) is 6.09. The molecule has 0 aromatic rings. The maximum Gasteiger partial charge on any atom is 0.323 e. The monoisotopic (exact) mass is 162 g/mol. The molecule has 66 valence electrons. The Hall–Kier alpha value is -0.650. The molecule has 0 bridgehead atoms. The number of hydrogen-bond donors (Lipinski definition) is 4. The van der Waals surface area contributed by atoms with Crippen molar-refractivity contribution in [1.82, 2.24) is 5.32 Å². The first-order valence-corrected chi connectivity index (χ1v) is 3.49. The fourth-order valence-corrected chi connectivity index (χ4v) is 0.608. The molecule has 5 N–H and O–H groups in total. The maximum absolute atomic E-state index is 10.3. The molecule has 0 rings (SSSR count). The molecule has 0 saturated carbocycles. The van der Waals surface area contributed by atoms with Gasteiger partial charge in [-0.05, 0) is 19.5 Å². The zero-order chi connectivity index (χ0) is 8.69. The molecule has 1 atom stereocenters. The lowest BCUT2D eigenvalue weighted by Crippen LogP contribution is -2.40. The van der Waals surface area contributed by atoms with E-state index >= 15 is 0 Å². The Labute approximate surface area is 65.2 Å². The zero-order valence-electron chi connectivity index (χ0n) is 6.29. The third-order valence-electron chi connectivity index (χ3n) is 1.25. The molecule has 1 unspecified atom stereocenters. The van der Waals surface area contributed by atoms with E-state index in [1.165, 1.54) is 0 Å². The van der Waals surface area contributed by atoms with Gasteiger partial charge in [0.15, 0.2) is 0 Å². The molecule has 0 spiro atoms. The fraction of sp³-hybridized carbons (Fsp3) is 0.833. The molecule has 0 heterocycles. The molecular formula is C6H14N2O3. The van der Waals surface area contributed by atoms with Crippen molar-refractivity contribution in [1.29, 1.82) is 0 Å². The van der Waals surface area contributed by atoms with Crippen LogP contribution in [0.1, 0.15) is 6.42 Å². The second-order valence-corrected chi connectivity index (χ2v) is 2.17. The van der Waals surface area contributed by atoms with Crippen molar-refractivity contribution in [3.63, 3.8) is 0 Å². The SMILES string of the molecule is NCCCNC(CO)C(=O)O. The highest BCUT2D eigenvalue weighted by molar-refractivity contribution is 5.73. The first kappa shape index (κ1) is 10.3. The highest BCUT2D eigenvalue weighted by Gasteiger charge is 2.13. The summed E-state index contributed by atoms with van der Waals surface area (Å²) in [6.07, 6.45) is 0.712. The van der Waals surface area contributed by atoms with E-state index in [-0.39, 0.29) is 6.61 Å². The lowest BCUT2D eigenvalue weighted by atomic mass is 10.3. The van der Waals surface area contributed by atoms with Crippen LogP contribution in [0.15, 0.2) is 0 Å². The molecule has 5 heteroatoms. The van der Waals surface area contributed by atoms with Crippen LogP contribution in [0, 0.1) is 0 Å². The van der Waals surface area contributed by atoms with Crippen molar-refractivity contribution in [2.75, 3.05) is 19.7 Å². The van der Waals surface area contributed by atoms with Gasteiger partial charge < -0.3 is 21.3 Å². The van der Waals surface area contributed by atoms with E-state index in [4.69, 9.17) is 15.9 Å². The van der Waals surface area contributed by atoms with Crippen LogP contribution in [0.2, 0.25) is 0 Å². The number of carboxylic acids is 1. The third-order valence-corrected chi connectivity index (χ3v) is 1.25. The summed E-state index contributed by atoms with van der Waals surface area (Å²) in [5.41, 5.74) is 5.18. The standard InChI is InChI=1S/C6H14N2O3/c7-2-1-3-8-5(4-9)6(10)11/h5,8-9H,1-4,7H2,(H,10,11). The van der Waals surface area contributed by atoms with Crippen molar-refractivity contribution in [3.05, 3.63) is 0 Å². The molecule has 0 fully saturated rings. The van der Waals surface area contributed by atoms with E-state index < -0.39 is 12.0 Å². The fourth-order valence-electron chi connectivity index (χ4n) is 0.608. The Bertz CT molecular complexity index is 118. The van der Waals surface area contributed by atoms with E-state index in [9.17, 15) is 4.79 Å². The Morgan fingerprint density at radius 2 is 2.27 bits per heavy atom. The van der Waals surface area contributed by atoms with E-state index in [0.717, 1.165) is 0 Å². The quantitative estimate of drug-likeness (QED) is 0.352. The van der Waals surface area contributed by atoms with Crippen LogP contribution in [0.3, 0.4) is 0 Å². The number of aliphatic hydroxyl groups excluding tert-OH is 1. The highest BCUT2D eigenvalue weighted by atomic mass is 16.4. The predicted molar refractivity (Wildman–Crippen MR) is 40.2 cm³/mol. The van der Waals surface area contributed by atoms with Gasteiger partial charge in [0.1, 0.15) is 6.04 Å². The first-order valence-electron chi connectivity index (χ1n) is 3.49. The van der Waals surface area contributed by atoms with E-state index in [1.54, 1.807) is 0 Å². The molecular weight excluding hydrogens is 148 g/mol. The summed E-state index contributed by atoms with van der Waals surface area (Å²) in [5.74, 6) is -1.04. The van der Waals surface area contributed by atoms with Gasteiger partial charge in [-0.15, -0.1) is 0 Å². The van der Waals surface area contributed by atoms with Gasteiger partial charge in [-0.2, -0.15) is 0 Å². The summed E-state index contributed by atoms with van der Waals surface area (Å²) in [6.45, 7) is 0.651. The molecule has 0 aliphatic heterocycles. The van der Waals surface area contributed by atoms with Gasteiger partial charge in [-0.25, -0.2) is 0 Å². The summed E-state index contributed by atoms with van der Waals surface area (Å²) >= 11 is 0. The topological polar surface area (TPSA) is 95.6 Å². The molecule has 0 radical (unpaired) electrons. The Morgan fingerprint density at radius 1 is 1.64 bits per heavy atom. The van der Waals surface area contributed by atoms with Crippen molar-refractivity contribution in [2.45, 2.75) is 12.5 Å². The van der Waals surface area contributed by atoms with Crippen molar-refractivity contribution >= 4 is 5.97 Å². The third kappa shape index (κ3) is 4.72. The van der Waals surface area contributed by atoms with Crippen LogP contribution in [0.4, 0.5) is 0 Å². The summed E-state index contributed by atoms with van der Waals surface area (Å²) < 4.78 is 0. The summed E-state index contributed by atoms with van der Waals surface area (Å²) in [6, 6.07) is -0.860. The van der Waals surface area contributed by atoms with Gasteiger partial charge in [-0.1, -0.05) is 0 Å². The second-order valence-electron chi connectivity index (χ2n) is 2.17. The minimum atomic E-state index is -1.04. The van der Waals surface area contributed by atoms with Crippen molar-refractivity contribution < 1.29 is 15.0 Å². The molecule has 0 aliphatic carbocycles. The Balaban J connectivity index is 3.44. The van der Waals surface area contributed by atoms with Crippen LogP contribution in [0.25, 0.3) is 0 Å². The van der Waals surface area contributed by atoms with Gasteiger partial charge in [-0.3, -0.25) is 4.79 Å². The number of aliphatic hydroxyl groups is 1. The zero-order valence-corrected chi connectivity index (χ0v) is 6.29. The van der Waals surface area contributed by atoms with Gasteiger partial charge in [0, 0.05) is 0 Å². The molecule has 0 aromatic carbocycles. The van der Waals surface area contributed by atoms with Crippen LogP contribution in [0.5, 0.6) is 0 Å². The van der Waals surface area contributed by atoms with Crippen molar-refractivity contribution in [3.8, 4) is 0 Å². The number of aliphatic carboxylic acids is 1. The van der Waals surface area contributed by atoms with Crippen LogP contribution in [-0.2, 0) is 4.79 Å². The minimum absolute atomic E-state index is 0.389. The number of hydrogen-bond acceptors (Lipinski definition) is 4. The minimum Gasteiger partial charge on any atom is -0.480 e. The lowest BCUT2D eigenvalue weighted by Gasteiger charge is -2.09. The van der Waals surface area contributed by atoms with Crippen LogP contribution in [-0.4, -0.2) is 41.9 Å². The largest absolute Gasteiger partial charge is 0.480 e. The van der Waals surface area contributed by atoms with E-state index in [2.05, 4.69) is 5.32 Å². The number of nitrogens with two attached hydrogens (primary N) is 1. The number of carboxylic acid groups (broad SMARTS) is 1. The summed E-state index contributed by atoms with van der Waals surface area (Å²) in [7, 11) is 0. The smallest absolute Gasteiger partial charge is 0.323 e.